The van der Waals surface area contributed by atoms with E-state index in [2.05, 4.69) is 6.58 Å². The van der Waals surface area contributed by atoms with Crippen molar-refractivity contribution in [3.05, 3.63) is 157 Å². The number of nitrogens with zero attached hydrogens (tertiary/aromatic N) is 2. The minimum atomic E-state index is -0.196. The zero-order valence-electron chi connectivity index (χ0n) is 20.7. The largest absolute Gasteiger partial charge is 0.277 e. The van der Waals surface area contributed by atoms with Crippen molar-refractivity contribution in [2.75, 3.05) is 9.80 Å². The number of rotatable bonds is 8. The average molecular weight is 485 g/mol. The normalized spacial score (nSPS) is 11.2. The molecule has 4 rings (SSSR count). The first-order valence-electron chi connectivity index (χ1n) is 12.0. The molecule has 4 heteroatoms. The van der Waals surface area contributed by atoms with E-state index in [-0.39, 0.29) is 11.8 Å². The minimum Gasteiger partial charge on any atom is -0.277 e. The van der Waals surface area contributed by atoms with Gasteiger partial charge in [-0.2, -0.15) is 0 Å². The Kier molecular flexibility index (Phi) is 8.25. The fraction of sp³-hybridized carbons (Fsp3) is 0.0303. The Bertz CT molecular complexity index is 1370. The first kappa shape index (κ1) is 25.1. The summed E-state index contributed by atoms with van der Waals surface area (Å²) < 4.78 is 0. The molecule has 4 aromatic rings. The molecule has 0 aliphatic carbocycles. The summed E-state index contributed by atoms with van der Waals surface area (Å²) >= 11 is 0. The zero-order chi connectivity index (χ0) is 26.0. The Labute approximate surface area is 218 Å². The third kappa shape index (κ3) is 5.82. The Hall–Kier alpha value is -4.96. The third-order valence-electron chi connectivity index (χ3n) is 5.71. The van der Waals surface area contributed by atoms with E-state index in [1.165, 1.54) is 0 Å². The summed E-state index contributed by atoms with van der Waals surface area (Å²) in [4.78, 5) is 30.7. The van der Waals surface area contributed by atoms with Gasteiger partial charge >= 0.3 is 0 Å². The number of hydrogen-bond acceptors (Lipinski definition) is 2. The van der Waals surface area contributed by atoms with Gasteiger partial charge in [0.1, 0.15) is 0 Å². The predicted molar refractivity (Wildman–Crippen MR) is 152 cm³/mol. The highest BCUT2D eigenvalue weighted by Crippen LogP contribution is 2.30. The van der Waals surface area contributed by atoms with Crippen LogP contribution < -0.4 is 9.80 Å². The Morgan fingerprint density at radius 3 is 1.49 bits per heavy atom. The smallest absolute Gasteiger partial charge is 0.262 e. The summed E-state index contributed by atoms with van der Waals surface area (Å²) in [5, 5.41) is 0. The molecule has 0 radical (unpaired) electrons. The van der Waals surface area contributed by atoms with Gasteiger partial charge in [-0.15, -0.1) is 0 Å². The van der Waals surface area contributed by atoms with Gasteiger partial charge in [0, 0.05) is 33.9 Å². The summed E-state index contributed by atoms with van der Waals surface area (Å²) in [5.41, 5.74) is 3.93. The van der Waals surface area contributed by atoms with Crippen LogP contribution in [0.25, 0.3) is 0 Å². The van der Waals surface area contributed by atoms with Gasteiger partial charge in [0.25, 0.3) is 11.8 Å². The van der Waals surface area contributed by atoms with Gasteiger partial charge in [-0.05, 0) is 67.6 Å². The molecule has 0 atom stereocenters. The van der Waals surface area contributed by atoms with Crippen LogP contribution in [0.15, 0.2) is 152 Å². The van der Waals surface area contributed by atoms with E-state index in [1.807, 2.05) is 104 Å². The van der Waals surface area contributed by atoms with Gasteiger partial charge in [-0.3, -0.25) is 19.4 Å². The van der Waals surface area contributed by atoms with Crippen LogP contribution in [-0.4, -0.2) is 11.8 Å². The van der Waals surface area contributed by atoms with Crippen LogP contribution in [0.3, 0.4) is 0 Å². The quantitative estimate of drug-likeness (QED) is 0.188. The SMILES string of the molecule is C=C/C=C(\C=C/C)C(=O)N(c1ccccc1)c1ccc(C(=O)N(c2ccccc2)c2ccccc2)cc1. The molecule has 0 spiro atoms. The lowest BCUT2D eigenvalue weighted by Crippen LogP contribution is -2.28. The van der Waals surface area contributed by atoms with Gasteiger partial charge in [0.15, 0.2) is 0 Å². The van der Waals surface area contributed by atoms with E-state index < -0.39 is 0 Å². The molecule has 2 amide bonds. The van der Waals surface area contributed by atoms with Crippen molar-refractivity contribution in [3.8, 4) is 0 Å². The second kappa shape index (κ2) is 12.1. The van der Waals surface area contributed by atoms with Crippen molar-refractivity contribution < 1.29 is 9.59 Å². The molecule has 37 heavy (non-hydrogen) atoms. The van der Waals surface area contributed by atoms with Crippen LogP contribution in [-0.2, 0) is 4.79 Å². The van der Waals surface area contributed by atoms with Crippen molar-refractivity contribution >= 4 is 34.6 Å². The number of amides is 2. The lowest BCUT2D eigenvalue weighted by Gasteiger charge is -2.25. The highest BCUT2D eigenvalue weighted by Gasteiger charge is 2.23. The monoisotopic (exact) mass is 484 g/mol. The molecule has 0 bridgehead atoms. The first-order chi connectivity index (χ1) is 18.1. The van der Waals surface area contributed by atoms with E-state index in [0.717, 1.165) is 17.1 Å². The number of carbonyl (C=O) groups excluding carboxylic acids is 2. The maximum atomic E-state index is 13.7. The van der Waals surface area contributed by atoms with Crippen molar-refractivity contribution in [1.82, 2.24) is 0 Å². The van der Waals surface area contributed by atoms with Crippen molar-refractivity contribution in [2.45, 2.75) is 6.92 Å². The molecule has 0 fully saturated rings. The van der Waals surface area contributed by atoms with Crippen LogP contribution in [0.4, 0.5) is 22.7 Å². The summed E-state index contributed by atoms with van der Waals surface area (Å²) in [5.74, 6) is -0.360. The number of allylic oxidation sites excluding steroid dienone is 3. The van der Waals surface area contributed by atoms with E-state index >= 15 is 0 Å². The highest BCUT2D eigenvalue weighted by molar-refractivity contribution is 6.13. The first-order valence-corrected chi connectivity index (χ1v) is 12.0. The molecule has 0 saturated carbocycles. The van der Waals surface area contributed by atoms with Crippen molar-refractivity contribution in [3.63, 3.8) is 0 Å². The molecule has 0 saturated heterocycles. The number of hydrogen-bond donors (Lipinski definition) is 0. The fourth-order valence-electron chi connectivity index (χ4n) is 4.01. The number of para-hydroxylation sites is 3. The molecule has 0 heterocycles. The summed E-state index contributed by atoms with van der Waals surface area (Å²) in [6.07, 6.45) is 6.86. The molecule has 0 aromatic heterocycles. The second-order valence-electron chi connectivity index (χ2n) is 8.19. The van der Waals surface area contributed by atoms with Crippen LogP contribution in [0, 0.1) is 0 Å². The lowest BCUT2D eigenvalue weighted by atomic mass is 10.1. The van der Waals surface area contributed by atoms with Gasteiger partial charge in [-0.25, -0.2) is 0 Å². The maximum Gasteiger partial charge on any atom is 0.262 e. The van der Waals surface area contributed by atoms with E-state index in [0.29, 0.717) is 16.8 Å². The lowest BCUT2D eigenvalue weighted by molar-refractivity contribution is -0.114. The average Bonchev–Trinajstić information content (AvgIpc) is 2.95. The fourth-order valence-corrected chi connectivity index (χ4v) is 4.01. The zero-order valence-corrected chi connectivity index (χ0v) is 20.7. The van der Waals surface area contributed by atoms with E-state index in [4.69, 9.17) is 0 Å². The maximum absolute atomic E-state index is 13.7. The number of anilines is 4. The van der Waals surface area contributed by atoms with Crippen LogP contribution >= 0.6 is 0 Å². The van der Waals surface area contributed by atoms with Gasteiger partial charge in [0.05, 0.1) is 0 Å². The molecular weight excluding hydrogens is 456 g/mol. The third-order valence-corrected chi connectivity index (χ3v) is 5.71. The van der Waals surface area contributed by atoms with Gasteiger partial charge in [0.2, 0.25) is 0 Å². The van der Waals surface area contributed by atoms with Crippen molar-refractivity contribution in [2.24, 2.45) is 0 Å². The van der Waals surface area contributed by atoms with Gasteiger partial charge in [-0.1, -0.05) is 85.5 Å². The Morgan fingerprint density at radius 1 is 0.622 bits per heavy atom. The molecule has 0 N–H and O–H groups in total. The molecule has 0 aliphatic heterocycles. The highest BCUT2D eigenvalue weighted by atomic mass is 16.2. The standard InChI is InChI=1S/C33H28N2O2/c1-3-14-26(15-4-2)32(36)35(30-20-12-7-13-21-30)31-24-22-27(23-25-31)33(37)34(28-16-8-5-9-17-28)29-18-10-6-11-19-29/h3-25H,1H2,2H3/b15-4-,26-14+. The van der Waals surface area contributed by atoms with Gasteiger partial charge < -0.3 is 0 Å². The molecule has 4 nitrogen and oxygen atoms in total. The molecule has 0 aliphatic rings. The van der Waals surface area contributed by atoms with Crippen molar-refractivity contribution in [1.29, 1.82) is 0 Å². The molecule has 0 unspecified atom stereocenters. The topological polar surface area (TPSA) is 40.6 Å². The number of benzene rings is 4. The predicted octanol–water partition coefficient (Wildman–Crippen LogP) is 8.02. The second-order valence-corrected chi connectivity index (χ2v) is 8.19. The molecular formula is C33H28N2O2. The summed E-state index contributed by atoms with van der Waals surface area (Å²) in [7, 11) is 0. The van der Waals surface area contributed by atoms with Crippen LogP contribution in [0.2, 0.25) is 0 Å². The van der Waals surface area contributed by atoms with E-state index in [9.17, 15) is 9.59 Å². The number of carbonyl (C=O) groups is 2. The summed E-state index contributed by atoms with van der Waals surface area (Å²) in [6.45, 7) is 5.61. The van der Waals surface area contributed by atoms with E-state index in [1.54, 1.807) is 52.3 Å². The van der Waals surface area contributed by atoms with Crippen LogP contribution in [0.1, 0.15) is 17.3 Å². The Balaban J connectivity index is 1.73. The Morgan fingerprint density at radius 2 is 1.05 bits per heavy atom. The summed E-state index contributed by atoms with van der Waals surface area (Å²) in [6, 6.07) is 35.6. The van der Waals surface area contributed by atoms with Crippen LogP contribution in [0.5, 0.6) is 0 Å². The molecule has 4 aromatic carbocycles. The molecule has 182 valence electrons. The minimum absolute atomic E-state index is 0.164.